The number of β-amino-alcohol motifs (C(OH)–C–C–N with tert-alkyl or cyclic N) is 1. The summed E-state index contributed by atoms with van der Waals surface area (Å²) in [5.41, 5.74) is 6.07. The van der Waals surface area contributed by atoms with Crippen LogP contribution >= 0.6 is 15.9 Å². The Morgan fingerprint density at radius 1 is 1.56 bits per heavy atom. The molecule has 1 fully saturated rings. The van der Waals surface area contributed by atoms with Crippen LogP contribution in [0.25, 0.3) is 0 Å². The molecule has 3 nitrogen and oxygen atoms in total. The third-order valence-electron chi connectivity index (χ3n) is 3.38. The summed E-state index contributed by atoms with van der Waals surface area (Å²) >= 11 is 3.24. The van der Waals surface area contributed by atoms with Gasteiger partial charge in [0.2, 0.25) is 0 Å². The molecule has 1 aromatic carbocycles. The van der Waals surface area contributed by atoms with Gasteiger partial charge in [0, 0.05) is 19.6 Å². The molecule has 1 aliphatic rings. The summed E-state index contributed by atoms with van der Waals surface area (Å²) in [7, 11) is 0. The lowest BCUT2D eigenvalue weighted by atomic mass is 9.94. The molecule has 100 valence electrons. The van der Waals surface area contributed by atoms with E-state index in [1.54, 1.807) is 13.0 Å². The summed E-state index contributed by atoms with van der Waals surface area (Å²) in [6, 6.07) is 3.56. The highest BCUT2D eigenvalue weighted by Crippen LogP contribution is 2.32. The molecule has 1 aromatic rings. The topological polar surface area (TPSA) is 49.5 Å². The Labute approximate surface area is 115 Å². The number of nitrogens with zero attached hydrogens (tertiary/aromatic N) is 1. The minimum absolute atomic E-state index is 0.296. The van der Waals surface area contributed by atoms with Crippen molar-refractivity contribution < 1.29 is 9.50 Å². The van der Waals surface area contributed by atoms with Crippen LogP contribution < -0.4 is 10.6 Å². The summed E-state index contributed by atoms with van der Waals surface area (Å²) in [5, 5.41) is 10.1. The van der Waals surface area contributed by atoms with E-state index in [0.717, 1.165) is 24.9 Å². The van der Waals surface area contributed by atoms with Crippen molar-refractivity contribution in [3.05, 3.63) is 28.0 Å². The highest BCUT2D eigenvalue weighted by molar-refractivity contribution is 9.10. The van der Waals surface area contributed by atoms with Crippen LogP contribution in [-0.4, -0.2) is 23.8 Å². The lowest BCUT2D eigenvalue weighted by Crippen LogP contribution is -2.46. The number of benzene rings is 1. The second-order valence-electron chi connectivity index (χ2n) is 5.10. The number of nitrogens with two attached hydrogens (primary N) is 1. The Kier molecular flexibility index (Phi) is 3.94. The second-order valence-corrected chi connectivity index (χ2v) is 5.89. The van der Waals surface area contributed by atoms with E-state index in [0.29, 0.717) is 23.2 Å². The van der Waals surface area contributed by atoms with Crippen molar-refractivity contribution in [1.29, 1.82) is 0 Å². The van der Waals surface area contributed by atoms with E-state index < -0.39 is 5.60 Å². The molecule has 1 unspecified atom stereocenters. The fourth-order valence-electron chi connectivity index (χ4n) is 2.41. The maximum atomic E-state index is 14.3. The lowest BCUT2D eigenvalue weighted by molar-refractivity contribution is 0.0447. The Bertz CT molecular complexity index is 451. The monoisotopic (exact) mass is 316 g/mol. The summed E-state index contributed by atoms with van der Waals surface area (Å²) in [5.74, 6) is -0.296. The van der Waals surface area contributed by atoms with Crippen molar-refractivity contribution in [3.8, 4) is 0 Å². The van der Waals surface area contributed by atoms with Gasteiger partial charge in [-0.15, -0.1) is 0 Å². The number of aliphatic hydroxyl groups is 1. The van der Waals surface area contributed by atoms with Gasteiger partial charge in [-0.1, -0.05) is 6.07 Å². The summed E-state index contributed by atoms with van der Waals surface area (Å²) < 4.78 is 14.7. The molecule has 18 heavy (non-hydrogen) atoms. The average molecular weight is 317 g/mol. The van der Waals surface area contributed by atoms with Gasteiger partial charge < -0.3 is 15.7 Å². The van der Waals surface area contributed by atoms with E-state index >= 15 is 0 Å². The van der Waals surface area contributed by atoms with Crippen LogP contribution in [0.1, 0.15) is 25.3 Å². The first-order chi connectivity index (χ1) is 8.44. The van der Waals surface area contributed by atoms with E-state index in [4.69, 9.17) is 5.73 Å². The van der Waals surface area contributed by atoms with Crippen LogP contribution in [0.4, 0.5) is 10.1 Å². The average Bonchev–Trinajstić information content (AvgIpc) is 2.31. The van der Waals surface area contributed by atoms with E-state index in [2.05, 4.69) is 15.9 Å². The molecule has 1 saturated heterocycles. The number of piperidine rings is 1. The number of anilines is 1. The molecule has 1 aliphatic heterocycles. The molecular weight excluding hydrogens is 299 g/mol. The second kappa shape index (κ2) is 5.15. The van der Waals surface area contributed by atoms with Crippen LogP contribution in [0.3, 0.4) is 0 Å². The Morgan fingerprint density at radius 3 is 2.89 bits per heavy atom. The first-order valence-corrected chi connectivity index (χ1v) is 6.88. The molecule has 3 N–H and O–H groups in total. The zero-order chi connectivity index (χ0) is 13.3. The molecule has 0 aromatic heterocycles. The quantitative estimate of drug-likeness (QED) is 0.881. The minimum Gasteiger partial charge on any atom is -0.388 e. The van der Waals surface area contributed by atoms with Gasteiger partial charge in [-0.25, -0.2) is 4.39 Å². The summed E-state index contributed by atoms with van der Waals surface area (Å²) in [6.45, 7) is 3.32. The van der Waals surface area contributed by atoms with E-state index in [9.17, 15) is 9.50 Å². The van der Waals surface area contributed by atoms with Gasteiger partial charge in [0.15, 0.2) is 5.82 Å². The lowest BCUT2D eigenvalue weighted by Gasteiger charge is -2.38. The predicted octanol–water partition coefficient (Wildman–Crippen LogP) is 2.40. The van der Waals surface area contributed by atoms with Crippen LogP contribution in [-0.2, 0) is 6.54 Å². The van der Waals surface area contributed by atoms with Crippen molar-refractivity contribution in [2.24, 2.45) is 5.73 Å². The maximum Gasteiger partial charge on any atom is 0.160 e. The van der Waals surface area contributed by atoms with E-state index in [1.165, 1.54) is 0 Å². The predicted molar refractivity (Wildman–Crippen MR) is 74.1 cm³/mol. The van der Waals surface area contributed by atoms with Crippen molar-refractivity contribution >= 4 is 21.6 Å². The van der Waals surface area contributed by atoms with Crippen molar-refractivity contribution in [2.75, 3.05) is 18.0 Å². The standard InChI is InChI=1S/C13H18BrFN2O/c1-13(18)5-2-6-17(8-13)10-4-3-9(7-16)11(14)12(10)15/h3-4,18H,2,5-8,16H2,1H3. The van der Waals surface area contributed by atoms with Crippen molar-refractivity contribution in [3.63, 3.8) is 0 Å². The molecule has 2 rings (SSSR count). The van der Waals surface area contributed by atoms with Crippen molar-refractivity contribution in [2.45, 2.75) is 31.9 Å². The molecule has 0 spiro atoms. The highest BCUT2D eigenvalue weighted by atomic mass is 79.9. The van der Waals surface area contributed by atoms with Crippen LogP contribution in [0.5, 0.6) is 0 Å². The van der Waals surface area contributed by atoms with Gasteiger partial charge in [0.25, 0.3) is 0 Å². The molecular formula is C13H18BrFN2O. The van der Waals surface area contributed by atoms with E-state index in [-0.39, 0.29) is 5.82 Å². The third kappa shape index (κ3) is 2.68. The Balaban J connectivity index is 2.31. The Morgan fingerprint density at radius 2 is 2.28 bits per heavy atom. The van der Waals surface area contributed by atoms with Crippen molar-refractivity contribution in [1.82, 2.24) is 0 Å². The zero-order valence-electron chi connectivity index (χ0n) is 10.4. The van der Waals surface area contributed by atoms with Gasteiger partial charge in [-0.2, -0.15) is 0 Å². The molecule has 1 atom stereocenters. The SMILES string of the molecule is CC1(O)CCCN(c2ccc(CN)c(Br)c2F)C1. The summed E-state index contributed by atoms with van der Waals surface area (Å²) in [4.78, 5) is 1.89. The maximum absolute atomic E-state index is 14.3. The molecule has 0 aliphatic carbocycles. The number of rotatable bonds is 2. The minimum atomic E-state index is -0.746. The molecule has 5 heteroatoms. The largest absolute Gasteiger partial charge is 0.388 e. The number of hydrogen-bond donors (Lipinski definition) is 2. The zero-order valence-corrected chi connectivity index (χ0v) is 12.0. The van der Waals surface area contributed by atoms with Gasteiger partial charge in [-0.05, 0) is 47.3 Å². The first-order valence-electron chi connectivity index (χ1n) is 6.09. The number of halogens is 2. The first kappa shape index (κ1) is 13.8. The van der Waals surface area contributed by atoms with Crippen LogP contribution in [0, 0.1) is 5.82 Å². The fourth-order valence-corrected chi connectivity index (χ4v) is 2.90. The molecule has 1 heterocycles. The molecule has 0 amide bonds. The summed E-state index contributed by atoms with van der Waals surface area (Å²) in [6.07, 6.45) is 1.62. The van der Waals surface area contributed by atoms with Gasteiger partial charge in [-0.3, -0.25) is 0 Å². The molecule has 0 saturated carbocycles. The van der Waals surface area contributed by atoms with Gasteiger partial charge in [0.1, 0.15) is 0 Å². The molecule has 0 radical (unpaired) electrons. The molecule has 0 bridgehead atoms. The fraction of sp³-hybridized carbons (Fsp3) is 0.538. The smallest absolute Gasteiger partial charge is 0.160 e. The number of hydrogen-bond acceptors (Lipinski definition) is 3. The normalized spacial score (nSPS) is 24.4. The third-order valence-corrected chi connectivity index (χ3v) is 4.23. The van der Waals surface area contributed by atoms with E-state index in [1.807, 2.05) is 11.0 Å². The van der Waals surface area contributed by atoms with Gasteiger partial charge in [0.05, 0.1) is 15.8 Å². The van der Waals surface area contributed by atoms with Crippen LogP contribution in [0.2, 0.25) is 0 Å². The van der Waals surface area contributed by atoms with Crippen LogP contribution in [0.15, 0.2) is 16.6 Å². The highest BCUT2D eigenvalue weighted by Gasteiger charge is 2.30. The van der Waals surface area contributed by atoms with Gasteiger partial charge >= 0.3 is 0 Å². The Hall–Kier alpha value is -0.650.